The maximum absolute atomic E-state index is 13.3. The number of hydrogen-bond donors (Lipinski definition) is 0. The van der Waals surface area contributed by atoms with Gasteiger partial charge in [-0.25, -0.2) is 4.98 Å². The lowest BCUT2D eigenvalue weighted by Crippen LogP contribution is -2.53. The van der Waals surface area contributed by atoms with Crippen molar-refractivity contribution in [3.63, 3.8) is 0 Å². The molecule has 0 N–H and O–H groups in total. The van der Waals surface area contributed by atoms with Crippen LogP contribution in [0.4, 0.5) is 11.6 Å². The number of nitrogens with zero attached hydrogens (tertiary/aromatic N) is 4. The third-order valence-corrected chi connectivity index (χ3v) is 6.57. The molecule has 2 heterocycles. The van der Waals surface area contributed by atoms with E-state index in [9.17, 15) is 4.79 Å². The Balaban J connectivity index is 1.81. The fraction of sp³-hybridized carbons (Fsp3) is 0.565. The van der Waals surface area contributed by atoms with Crippen molar-refractivity contribution in [2.24, 2.45) is 5.92 Å². The molecule has 0 spiro atoms. The molecule has 2 atom stereocenters. The zero-order chi connectivity index (χ0) is 19.8. The van der Waals surface area contributed by atoms with Crippen molar-refractivity contribution >= 4 is 11.6 Å². The van der Waals surface area contributed by atoms with E-state index >= 15 is 0 Å². The summed E-state index contributed by atoms with van der Waals surface area (Å²) in [4.78, 5) is 22.9. The van der Waals surface area contributed by atoms with Crippen LogP contribution in [0, 0.1) is 19.8 Å². The minimum atomic E-state index is 0.121. The van der Waals surface area contributed by atoms with Crippen molar-refractivity contribution in [3.05, 3.63) is 51.4 Å². The lowest BCUT2D eigenvalue weighted by Gasteiger charge is -2.45. The minimum Gasteiger partial charge on any atom is -0.298 e. The maximum atomic E-state index is 13.3. The molecule has 1 aromatic heterocycles. The fourth-order valence-corrected chi connectivity index (χ4v) is 4.87. The third-order valence-electron chi connectivity index (χ3n) is 6.57. The van der Waals surface area contributed by atoms with Gasteiger partial charge in [-0.15, -0.1) is 0 Å². The van der Waals surface area contributed by atoms with Gasteiger partial charge in [-0.2, -0.15) is 0 Å². The summed E-state index contributed by atoms with van der Waals surface area (Å²) >= 11 is 0. The molecule has 1 fully saturated rings. The summed E-state index contributed by atoms with van der Waals surface area (Å²) in [5, 5.41) is 0. The van der Waals surface area contributed by atoms with Crippen LogP contribution < -0.4 is 10.5 Å². The zero-order valence-corrected chi connectivity index (χ0v) is 17.6. The Kier molecular flexibility index (Phi) is 5.28. The first kappa shape index (κ1) is 19.2. The van der Waals surface area contributed by atoms with Crippen LogP contribution in [0.1, 0.15) is 56.4 Å². The molecule has 4 rings (SSSR count). The number of anilines is 2. The first-order valence-corrected chi connectivity index (χ1v) is 10.7. The standard InChI is InChI=1S/C23H32N4O/c1-5-20-18(4)24-23-26(19-12-10-16(2)11-13-19)14-25(15-27(23)22(20)28)21-9-7-6-8-17(21)3/h10-13,17,21H,5-9,14-15H2,1-4H3. The van der Waals surface area contributed by atoms with Gasteiger partial charge < -0.3 is 0 Å². The van der Waals surface area contributed by atoms with Crippen molar-refractivity contribution < 1.29 is 0 Å². The first-order valence-electron chi connectivity index (χ1n) is 10.7. The Morgan fingerprint density at radius 1 is 1.07 bits per heavy atom. The summed E-state index contributed by atoms with van der Waals surface area (Å²) in [6.07, 6.45) is 5.82. The van der Waals surface area contributed by atoms with E-state index in [1.54, 1.807) is 0 Å². The van der Waals surface area contributed by atoms with Crippen molar-refractivity contribution in [1.82, 2.24) is 14.5 Å². The van der Waals surface area contributed by atoms with E-state index in [-0.39, 0.29) is 5.56 Å². The lowest BCUT2D eigenvalue weighted by atomic mass is 9.85. The van der Waals surface area contributed by atoms with E-state index in [0.717, 1.165) is 36.0 Å². The molecule has 1 aliphatic carbocycles. The molecule has 2 unspecified atom stereocenters. The molecule has 5 nitrogen and oxygen atoms in total. The van der Waals surface area contributed by atoms with Crippen LogP contribution in [0.5, 0.6) is 0 Å². The highest BCUT2D eigenvalue weighted by Gasteiger charge is 2.34. The van der Waals surface area contributed by atoms with Gasteiger partial charge in [0, 0.05) is 23.0 Å². The van der Waals surface area contributed by atoms with E-state index < -0.39 is 0 Å². The van der Waals surface area contributed by atoms with Gasteiger partial charge in [-0.1, -0.05) is 44.4 Å². The molecule has 28 heavy (non-hydrogen) atoms. The quantitative estimate of drug-likeness (QED) is 0.793. The van der Waals surface area contributed by atoms with E-state index in [1.807, 2.05) is 18.4 Å². The maximum Gasteiger partial charge on any atom is 0.259 e. The number of aromatic nitrogens is 2. The second kappa shape index (κ2) is 7.70. The third kappa shape index (κ3) is 3.37. The van der Waals surface area contributed by atoms with E-state index in [0.29, 0.717) is 18.6 Å². The van der Waals surface area contributed by atoms with Gasteiger partial charge in [-0.05, 0) is 51.2 Å². The van der Waals surface area contributed by atoms with Gasteiger partial charge in [0.2, 0.25) is 5.95 Å². The topological polar surface area (TPSA) is 41.4 Å². The van der Waals surface area contributed by atoms with E-state index in [4.69, 9.17) is 4.98 Å². The number of fused-ring (bicyclic) bond motifs is 1. The molecule has 2 aliphatic rings. The largest absolute Gasteiger partial charge is 0.298 e. The van der Waals surface area contributed by atoms with Crippen molar-refractivity contribution in [3.8, 4) is 0 Å². The van der Waals surface area contributed by atoms with Crippen LogP contribution in [-0.4, -0.2) is 27.2 Å². The van der Waals surface area contributed by atoms with Crippen molar-refractivity contribution in [2.75, 3.05) is 11.6 Å². The molecule has 2 aromatic rings. The molecule has 0 radical (unpaired) electrons. The minimum absolute atomic E-state index is 0.121. The molecule has 1 aromatic carbocycles. The molecule has 0 saturated heterocycles. The van der Waals surface area contributed by atoms with E-state index in [2.05, 4.69) is 47.9 Å². The lowest BCUT2D eigenvalue weighted by molar-refractivity contribution is 0.0723. The number of rotatable bonds is 3. The summed E-state index contributed by atoms with van der Waals surface area (Å²) < 4.78 is 1.90. The molecule has 150 valence electrons. The second-order valence-electron chi connectivity index (χ2n) is 8.53. The average Bonchev–Trinajstić information content (AvgIpc) is 2.69. The monoisotopic (exact) mass is 380 g/mol. The molecule has 1 aliphatic heterocycles. The Hall–Kier alpha value is -2.14. The second-order valence-corrected chi connectivity index (χ2v) is 8.53. The van der Waals surface area contributed by atoms with Crippen LogP contribution in [0.3, 0.4) is 0 Å². The predicted molar refractivity (Wildman–Crippen MR) is 114 cm³/mol. The Bertz CT molecular complexity index is 902. The summed E-state index contributed by atoms with van der Waals surface area (Å²) in [7, 11) is 0. The Morgan fingerprint density at radius 3 is 2.46 bits per heavy atom. The average molecular weight is 381 g/mol. The number of benzene rings is 1. The van der Waals surface area contributed by atoms with Crippen LogP contribution in [-0.2, 0) is 13.1 Å². The van der Waals surface area contributed by atoms with E-state index in [1.165, 1.54) is 31.2 Å². The highest BCUT2D eigenvalue weighted by Crippen LogP contribution is 2.34. The highest BCUT2D eigenvalue weighted by atomic mass is 16.1. The summed E-state index contributed by atoms with van der Waals surface area (Å²) in [6.45, 7) is 9.90. The predicted octanol–water partition coefficient (Wildman–Crippen LogP) is 4.37. The Morgan fingerprint density at radius 2 is 1.79 bits per heavy atom. The van der Waals surface area contributed by atoms with Crippen molar-refractivity contribution in [2.45, 2.75) is 72.5 Å². The van der Waals surface area contributed by atoms with Gasteiger partial charge >= 0.3 is 0 Å². The summed E-state index contributed by atoms with van der Waals surface area (Å²) in [5.74, 6) is 1.44. The number of aryl methyl sites for hydroxylation is 2. The normalized spacial score (nSPS) is 22.9. The van der Waals surface area contributed by atoms with Crippen LogP contribution in [0.25, 0.3) is 0 Å². The molecule has 5 heteroatoms. The first-order chi connectivity index (χ1) is 13.5. The summed E-state index contributed by atoms with van der Waals surface area (Å²) in [6, 6.07) is 9.07. The number of hydrogen-bond acceptors (Lipinski definition) is 4. The molecule has 0 amide bonds. The van der Waals surface area contributed by atoms with Gasteiger partial charge in [-0.3, -0.25) is 19.2 Å². The van der Waals surface area contributed by atoms with Crippen LogP contribution >= 0.6 is 0 Å². The smallest absolute Gasteiger partial charge is 0.259 e. The molecule has 0 bridgehead atoms. The van der Waals surface area contributed by atoms with Crippen LogP contribution in [0.2, 0.25) is 0 Å². The van der Waals surface area contributed by atoms with Gasteiger partial charge in [0.25, 0.3) is 5.56 Å². The SMILES string of the molecule is CCc1c(C)nc2n(c1=O)CN(C1CCCCC1C)CN2c1ccc(C)cc1. The summed E-state index contributed by atoms with van der Waals surface area (Å²) in [5.41, 5.74) is 4.15. The Labute approximate surface area is 168 Å². The zero-order valence-electron chi connectivity index (χ0n) is 17.6. The van der Waals surface area contributed by atoms with Gasteiger partial charge in [0.1, 0.15) is 0 Å². The van der Waals surface area contributed by atoms with Crippen LogP contribution in [0.15, 0.2) is 29.1 Å². The highest BCUT2D eigenvalue weighted by molar-refractivity contribution is 5.58. The van der Waals surface area contributed by atoms with Crippen molar-refractivity contribution in [1.29, 1.82) is 0 Å². The fourth-order valence-electron chi connectivity index (χ4n) is 4.87. The van der Waals surface area contributed by atoms with Gasteiger partial charge in [0.05, 0.1) is 13.3 Å². The molecular weight excluding hydrogens is 348 g/mol. The molecule has 1 saturated carbocycles. The molecular formula is C23H32N4O. The van der Waals surface area contributed by atoms with Gasteiger partial charge in [0.15, 0.2) is 0 Å².